The van der Waals surface area contributed by atoms with Gasteiger partial charge in [-0.3, -0.25) is 0 Å². The van der Waals surface area contributed by atoms with E-state index in [1.165, 1.54) is 18.4 Å². The van der Waals surface area contributed by atoms with Gasteiger partial charge in [-0.1, -0.05) is 18.2 Å². The minimum absolute atomic E-state index is 0.279. The molecule has 1 aromatic heterocycles. The van der Waals surface area contributed by atoms with Crippen LogP contribution in [-0.2, 0) is 10.0 Å². The summed E-state index contributed by atoms with van der Waals surface area (Å²) in [5.74, 6) is 0. The quantitative estimate of drug-likeness (QED) is 0.860. The molecule has 1 heterocycles. The molecule has 0 radical (unpaired) electrons. The van der Waals surface area contributed by atoms with Gasteiger partial charge in [-0.15, -0.1) is 0 Å². The molecule has 19 heavy (non-hydrogen) atoms. The van der Waals surface area contributed by atoms with E-state index in [-0.39, 0.29) is 4.90 Å². The average molecular weight is 279 g/mol. The second kappa shape index (κ2) is 4.79. The van der Waals surface area contributed by atoms with Crippen molar-refractivity contribution in [2.24, 2.45) is 0 Å². The topological polar surface area (TPSA) is 55.2 Å². The number of hydrogen-bond acceptors (Lipinski definition) is 3. The molecule has 2 aromatic rings. The Hall–Kier alpha value is -1.66. The van der Waals surface area contributed by atoms with Crippen molar-refractivity contribution in [2.45, 2.75) is 18.7 Å². The van der Waals surface area contributed by atoms with Crippen LogP contribution in [0.4, 0.5) is 0 Å². The molecular formula is C13H17N3O2S. The predicted octanol–water partition coefficient (Wildman–Crippen LogP) is 1.74. The first kappa shape index (κ1) is 13.8. The first-order valence-corrected chi connectivity index (χ1v) is 7.34. The minimum atomic E-state index is -3.48. The van der Waals surface area contributed by atoms with Crippen molar-refractivity contribution >= 4 is 10.0 Å². The average Bonchev–Trinajstić information content (AvgIpc) is 2.66. The lowest BCUT2D eigenvalue weighted by Gasteiger charge is -2.11. The zero-order valence-corrected chi connectivity index (χ0v) is 12.3. The Morgan fingerprint density at radius 2 is 1.68 bits per heavy atom. The van der Waals surface area contributed by atoms with Gasteiger partial charge >= 0.3 is 0 Å². The minimum Gasteiger partial charge on any atom is -0.236 e. The number of benzene rings is 1. The zero-order chi connectivity index (χ0) is 14.2. The summed E-state index contributed by atoms with van der Waals surface area (Å²) >= 11 is 0. The van der Waals surface area contributed by atoms with Crippen LogP contribution in [0.25, 0.3) is 5.69 Å². The molecule has 0 saturated carbocycles. The molecule has 102 valence electrons. The molecule has 0 atom stereocenters. The molecule has 5 nitrogen and oxygen atoms in total. The second-order valence-corrected chi connectivity index (χ2v) is 6.62. The highest BCUT2D eigenvalue weighted by molar-refractivity contribution is 7.89. The summed E-state index contributed by atoms with van der Waals surface area (Å²) in [4.78, 5) is 0.279. The van der Waals surface area contributed by atoms with Crippen LogP contribution >= 0.6 is 0 Å². The first-order chi connectivity index (χ1) is 8.85. The predicted molar refractivity (Wildman–Crippen MR) is 73.9 cm³/mol. The van der Waals surface area contributed by atoms with Crippen LogP contribution in [0.5, 0.6) is 0 Å². The second-order valence-electron chi connectivity index (χ2n) is 4.53. The Labute approximate surface area is 113 Å². The van der Waals surface area contributed by atoms with Crippen molar-refractivity contribution in [3.63, 3.8) is 0 Å². The number of hydrogen-bond donors (Lipinski definition) is 0. The van der Waals surface area contributed by atoms with Gasteiger partial charge in [-0.05, 0) is 26.0 Å². The summed E-state index contributed by atoms with van der Waals surface area (Å²) in [6, 6.07) is 9.49. The summed E-state index contributed by atoms with van der Waals surface area (Å²) in [7, 11) is -0.432. The third-order valence-corrected chi connectivity index (χ3v) is 5.03. The van der Waals surface area contributed by atoms with Gasteiger partial charge in [0.2, 0.25) is 10.0 Å². The summed E-state index contributed by atoms with van der Waals surface area (Å²) in [6.45, 7) is 3.48. The van der Waals surface area contributed by atoms with Crippen molar-refractivity contribution in [3.05, 3.63) is 41.7 Å². The first-order valence-electron chi connectivity index (χ1n) is 5.90. The molecule has 1 aromatic carbocycles. The van der Waals surface area contributed by atoms with Gasteiger partial charge < -0.3 is 0 Å². The van der Waals surface area contributed by atoms with Gasteiger partial charge in [0.1, 0.15) is 4.90 Å². The lowest BCUT2D eigenvalue weighted by Crippen LogP contribution is -2.23. The number of rotatable bonds is 3. The molecule has 0 aliphatic heterocycles. The highest BCUT2D eigenvalue weighted by Crippen LogP contribution is 2.24. The van der Waals surface area contributed by atoms with Gasteiger partial charge in [0.25, 0.3) is 0 Å². The van der Waals surface area contributed by atoms with Crippen molar-refractivity contribution in [1.82, 2.24) is 14.1 Å². The molecule has 2 rings (SSSR count). The van der Waals surface area contributed by atoms with E-state index in [4.69, 9.17) is 0 Å². The highest BCUT2D eigenvalue weighted by Gasteiger charge is 2.26. The van der Waals surface area contributed by atoms with E-state index in [9.17, 15) is 8.42 Å². The highest BCUT2D eigenvalue weighted by atomic mass is 32.2. The summed E-state index contributed by atoms with van der Waals surface area (Å²) in [6.07, 6.45) is 0. The summed E-state index contributed by atoms with van der Waals surface area (Å²) in [5.41, 5.74) is 1.98. The standard InChI is InChI=1S/C13H17N3O2S/c1-10-13(19(17,18)15(3)4)11(2)16(14-10)12-8-6-5-7-9-12/h5-9H,1-4H3. The number of nitrogens with zero attached hydrogens (tertiary/aromatic N) is 3. The maximum Gasteiger partial charge on any atom is 0.246 e. The van der Waals surface area contributed by atoms with Crippen molar-refractivity contribution in [1.29, 1.82) is 0 Å². The fraction of sp³-hybridized carbons (Fsp3) is 0.308. The number of aryl methyl sites for hydroxylation is 1. The molecule has 0 spiro atoms. The van der Waals surface area contributed by atoms with Crippen LogP contribution < -0.4 is 0 Å². The van der Waals surface area contributed by atoms with Gasteiger partial charge in [0.15, 0.2) is 0 Å². The molecule has 0 bridgehead atoms. The Morgan fingerprint density at radius 3 is 2.21 bits per heavy atom. The van der Waals surface area contributed by atoms with Gasteiger partial charge in [0, 0.05) is 14.1 Å². The van der Waals surface area contributed by atoms with Crippen LogP contribution in [0.2, 0.25) is 0 Å². The maximum atomic E-state index is 12.3. The maximum absolute atomic E-state index is 12.3. The SMILES string of the molecule is Cc1nn(-c2ccccc2)c(C)c1S(=O)(=O)N(C)C. The van der Waals surface area contributed by atoms with E-state index >= 15 is 0 Å². The van der Waals surface area contributed by atoms with Gasteiger partial charge in [-0.25, -0.2) is 17.4 Å². The smallest absolute Gasteiger partial charge is 0.236 e. The largest absolute Gasteiger partial charge is 0.246 e. The fourth-order valence-corrected chi connectivity index (χ4v) is 3.24. The van der Waals surface area contributed by atoms with Crippen LogP contribution in [-0.4, -0.2) is 36.6 Å². The van der Waals surface area contributed by atoms with Crippen molar-refractivity contribution in [3.8, 4) is 5.69 Å². The Bertz CT molecular complexity index is 688. The molecule has 0 N–H and O–H groups in total. The molecule has 0 fully saturated rings. The summed E-state index contributed by atoms with van der Waals surface area (Å²) < 4.78 is 27.4. The van der Waals surface area contributed by atoms with Crippen LogP contribution in [0, 0.1) is 13.8 Å². The molecule has 0 unspecified atom stereocenters. The lowest BCUT2D eigenvalue weighted by atomic mass is 10.3. The molecule has 0 saturated heterocycles. The normalized spacial score (nSPS) is 12.1. The summed E-state index contributed by atoms with van der Waals surface area (Å²) in [5, 5.41) is 4.34. The van der Waals surface area contributed by atoms with Crippen molar-refractivity contribution in [2.75, 3.05) is 14.1 Å². The Balaban J connectivity index is 2.66. The number of aromatic nitrogens is 2. The van der Waals surface area contributed by atoms with E-state index in [0.29, 0.717) is 11.4 Å². The van der Waals surface area contributed by atoms with Crippen LogP contribution in [0.3, 0.4) is 0 Å². The number of sulfonamides is 1. The molecule has 6 heteroatoms. The van der Waals surface area contributed by atoms with Gasteiger partial charge in [0.05, 0.1) is 17.1 Å². The molecule has 0 aliphatic rings. The zero-order valence-electron chi connectivity index (χ0n) is 11.5. The van der Waals surface area contributed by atoms with E-state index in [0.717, 1.165) is 5.69 Å². The van der Waals surface area contributed by atoms with E-state index in [2.05, 4.69) is 5.10 Å². The lowest BCUT2D eigenvalue weighted by molar-refractivity contribution is 0.519. The number of para-hydroxylation sites is 1. The fourth-order valence-electron chi connectivity index (χ4n) is 2.00. The third kappa shape index (κ3) is 2.29. The van der Waals surface area contributed by atoms with E-state index < -0.39 is 10.0 Å². The van der Waals surface area contributed by atoms with Crippen molar-refractivity contribution < 1.29 is 8.42 Å². The van der Waals surface area contributed by atoms with E-state index in [1.807, 2.05) is 30.3 Å². The Morgan fingerprint density at radius 1 is 1.11 bits per heavy atom. The van der Waals surface area contributed by atoms with Crippen LogP contribution in [0.15, 0.2) is 35.2 Å². The van der Waals surface area contributed by atoms with E-state index in [1.54, 1.807) is 18.5 Å². The molecular weight excluding hydrogens is 262 g/mol. The molecule has 0 aliphatic carbocycles. The third-order valence-electron chi connectivity index (χ3n) is 2.96. The monoisotopic (exact) mass is 279 g/mol. The van der Waals surface area contributed by atoms with Crippen LogP contribution in [0.1, 0.15) is 11.4 Å². The molecule has 0 amide bonds. The Kier molecular flexibility index (Phi) is 3.47. The van der Waals surface area contributed by atoms with Gasteiger partial charge in [-0.2, -0.15) is 5.10 Å².